The van der Waals surface area contributed by atoms with Gasteiger partial charge >= 0.3 is 0 Å². The lowest BCUT2D eigenvalue weighted by atomic mass is 9.30. The maximum Gasteiger partial charge on any atom is 0.242 e. The van der Waals surface area contributed by atoms with Crippen LogP contribution in [0, 0.1) is 0 Å². The maximum absolute atomic E-state index is 2.38. The van der Waals surface area contributed by atoms with Crippen molar-refractivity contribution in [3.63, 3.8) is 0 Å². The Morgan fingerprint density at radius 2 is 1.11 bits per heavy atom. The molecular formula is C24H25BN2. The van der Waals surface area contributed by atoms with Crippen LogP contribution < -0.4 is 26.2 Å². The molecule has 0 fully saturated rings. The van der Waals surface area contributed by atoms with Gasteiger partial charge in [0.2, 0.25) is 6.71 Å². The van der Waals surface area contributed by atoms with E-state index in [0.29, 0.717) is 6.71 Å². The predicted molar refractivity (Wildman–Crippen MR) is 118 cm³/mol. The summed E-state index contributed by atoms with van der Waals surface area (Å²) in [6, 6.07) is 20.9. The minimum atomic E-state index is 0.371. The van der Waals surface area contributed by atoms with Gasteiger partial charge in [0.15, 0.2) is 0 Å². The molecule has 0 bridgehead atoms. The van der Waals surface area contributed by atoms with Gasteiger partial charge in [0.1, 0.15) is 0 Å². The van der Waals surface area contributed by atoms with Crippen LogP contribution in [-0.2, 0) is 12.8 Å². The van der Waals surface area contributed by atoms with Crippen molar-refractivity contribution >= 4 is 34.5 Å². The van der Waals surface area contributed by atoms with Crippen LogP contribution in [0.25, 0.3) is 0 Å². The number of fused-ring (bicyclic) bond motifs is 4. The number of nitrogens with zero attached hydrogens (tertiary/aromatic N) is 2. The normalized spacial score (nSPS) is 13.6. The van der Waals surface area contributed by atoms with Crippen LogP contribution in [0.1, 0.15) is 22.3 Å². The number of hydrogen-bond acceptors (Lipinski definition) is 2. The summed E-state index contributed by atoms with van der Waals surface area (Å²) in [5, 5.41) is 0. The van der Waals surface area contributed by atoms with Crippen molar-refractivity contribution in [3.8, 4) is 0 Å². The summed E-state index contributed by atoms with van der Waals surface area (Å²) < 4.78 is 0. The van der Waals surface area contributed by atoms with Crippen molar-refractivity contribution in [1.82, 2.24) is 0 Å². The van der Waals surface area contributed by atoms with Crippen LogP contribution >= 0.6 is 0 Å². The SMILES string of the molecule is CN(C)c1ccc2c(c1)Cc1cccc3c1B2c1ccc(N(C)C)cc1C3. The third-order valence-corrected chi connectivity index (χ3v) is 6.25. The second-order valence-electron chi connectivity index (χ2n) is 8.33. The summed E-state index contributed by atoms with van der Waals surface area (Å²) in [5.74, 6) is 0. The Morgan fingerprint density at radius 3 is 1.56 bits per heavy atom. The standard InChI is InChI=1S/C24H25BN2/c1-26(2)20-8-10-22-18(14-20)12-16-6-5-7-17-13-19-15-21(27(3)4)9-11-23(19)25(22)24(16)17/h5-11,14-15H,12-13H2,1-4H3. The van der Waals surface area contributed by atoms with Crippen LogP contribution in [0.4, 0.5) is 11.4 Å². The Bertz CT molecular complexity index is 972. The van der Waals surface area contributed by atoms with Crippen molar-refractivity contribution < 1.29 is 0 Å². The van der Waals surface area contributed by atoms with E-state index in [1.807, 2.05) is 0 Å². The molecule has 0 aromatic heterocycles. The highest BCUT2D eigenvalue weighted by Crippen LogP contribution is 2.26. The zero-order valence-corrected chi connectivity index (χ0v) is 16.6. The van der Waals surface area contributed by atoms with Crippen molar-refractivity contribution in [1.29, 1.82) is 0 Å². The van der Waals surface area contributed by atoms with Crippen LogP contribution in [0.3, 0.4) is 0 Å². The van der Waals surface area contributed by atoms with Crippen LogP contribution in [0.2, 0.25) is 0 Å². The molecule has 2 aliphatic rings. The van der Waals surface area contributed by atoms with Crippen molar-refractivity contribution in [2.24, 2.45) is 0 Å². The predicted octanol–water partition coefficient (Wildman–Crippen LogP) is 2.14. The monoisotopic (exact) mass is 352 g/mol. The third-order valence-electron chi connectivity index (χ3n) is 6.25. The number of anilines is 2. The summed E-state index contributed by atoms with van der Waals surface area (Å²) in [6.45, 7) is 0.371. The quantitative estimate of drug-likeness (QED) is 0.449. The molecule has 0 saturated heterocycles. The number of hydrogen-bond donors (Lipinski definition) is 0. The minimum Gasteiger partial charge on any atom is -0.378 e. The van der Waals surface area contributed by atoms with E-state index in [-0.39, 0.29) is 0 Å². The van der Waals surface area contributed by atoms with E-state index in [1.165, 1.54) is 44.6 Å². The Hall–Kier alpha value is -2.68. The molecule has 27 heavy (non-hydrogen) atoms. The fraction of sp³-hybridized carbons (Fsp3) is 0.250. The molecule has 0 N–H and O–H groups in total. The molecule has 2 aliphatic heterocycles. The fourth-order valence-electron chi connectivity index (χ4n) is 4.84. The summed E-state index contributed by atoms with van der Waals surface area (Å²) in [6.07, 6.45) is 2.09. The summed E-state index contributed by atoms with van der Waals surface area (Å²) in [5.41, 5.74) is 13.1. The molecule has 3 aromatic rings. The van der Waals surface area contributed by atoms with Crippen LogP contribution in [0.5, 0.6) is 0 Å². The van der Waals surface area contributed by atoms with Crippen LogP contribution in [-0.4, -0.2) is 34.9 Å². The smallest absolute Gasteiger partial charge is 0.242 e. The molecule has 0 atom stereocenters. The number of rotatable bonds is 2. The van der Waals surface area contributed by atoms with Gasteiger partial charge in [-0.15, -0.1) is 0 Å². The largest absolute Gasteiger partial charge is 0.378 e. The molecular weight excluding hydrogens is 327 g/mol. The molecule has 0 unspecified atom stereocenters. The average Bonchev–Trinajstić information content (AvgIpc) is 2.66. The molecule has 2 heterocycles. The van der Waals surface area contributed by atoms with E-state index >= 15 is 0 Å². The summed E-state index contributed by atoms with van der Waals surface area (Å²) >= 11 is 0. The van der Waals surface area contributed by atoms with E-state index in [2.05, 4.69) is 92.6 Å². The lowest BCUT2D eigenvalue weighted by molar-refractivity contribution is 1.10. The van der Waals surface area contributed by atoms with Crippen molar-refractivity contribution in [2.45, 2.75) is 12.8 Å². The van der Waals surface area contributed by atoms with Gasteiger partial charge in [-0.05, 0) is 59.4 Å². The Balaban J connectivity index is 1.74. The van der Waals surface area contributed by atoms with Gasteiger partial charge in [0.25, 0.3) is 0 Å². The van der Waals surface area contributed by atoms with Gasteiger partial charge in [-0.1, -0.05) is 46.7 Å². The first-order valence-corrected chi connectivity index (χ1v) is 9.74. The first kappa shape index (κ1) is 16.5. The van der Waals surface area contributed by atoms with Gasteiger partial charge in [-0.3, -0.25) is 0 Å². The highest BCUT2D eigenvalue weighted by molar-refractivity contribution is 6.97. The lowest BCUT2D eigenvalue weighted by Gasteiger charge is -2.34. The minimum absolute atomic E-state index is 0.371. The van der Waals surface area contributed by atoms with Gasteiger partial charge in [-0.25, -0.2) is 0 Å². The third kappa shape index (κ3) is 2.49. The second kappa shape index (κ2) is 5.92. The molecule has 2 nitrogen and oxygen atoms in total. The Kier molecular flexibility index (Phi) is 3.61. The van der Waals surface area contributed by atoms with Gasteiger partial charge < -0.3 is 9.80 Å². The maximum atomic E-state index is 2.38. The van der Waals surface area contributed by atoms with Gasteiger partial charge in [-0.2, -0.15) is 0 Å². The van der Waals surface area contributed by atoms with E-state index in [4.69, 9.17) is 0 Å². The Morgan fingerprint density at radius 1 is 0.630 bits per heavy atom. The molecule has 0 aliphatic carbocycles. The molecule has 3 aromatic carbocycles. The van der Waals surface area contributed by atoms with E-state index in [0.717, 1.165) is 12.8 Å². The lowest BCUT2D eigenvalue weighted by Crippen LogP contribution is -2.61. The van der Waals surface area contributed by atoms with Gasteiger partial charge in [0, 0.05) is 39.6 Å². The van der Waals surface area contributed by atoms with Crippen LogP contribution in [0.15, 0.2) is 54.6 Å². The average molecular weight is 352 g/mol. The first-order chi connectivity index (χ1) is 13.0. The van der Waals surface area contributed by atoms with Crippen molar-refractivity contribution in [3.05, 3.63) is 76.9 Å². The molecule has 0 amide bonds. The zero-order chi connectivity index (χ0) is 18.7. The summed E-state index contributed by atoms with van der Waals surface area (Å²) in [4.78, 5) is 4.40. The second-order valence-corrected chi connectivity index (χ2v) is 8.33. The summed E-state index contributed by atoms with van der Waals surface area (Å²) in [7, 11) is 8.48. The van der Waals surface area contributed by atoms with Crippen molar-refractivity contribution in [2.75, 3.05) is 38.0 Å². The van der Waals surface area contributed by atoms with E-state index < -0.39 is 0 Å². The van der Waals surface area contributed by atoms with E-state index in [1.54, 1.807) is 5.46 Å². The highest BCUT2D eigenvalue weighted by atomic mass is 15.1. The molecule has 3 heteroatoms. The molecule has 0 radical (unpaired) electrons. The highest BCUT2D eigenvalue weighted by Gasteiger charge is 2.36. The zero-order valence-electron chi connectivity index (χ0n) is 16.6. The fourth-order valence-corrected chi connectivity index (χ4v) is 4.84. The molecule has 5 rings (SSSR count). The molecule has 0 spiro atoms. The van der Waals surface area contributed by atoms with Gasteiger partial charge in [0.05, 0.1) is 0 Å². The number of benzene rings is 3. The van der Waals surface area contributed by atoms with E-state index in [9.17, 15) is 0 Å². The molecule has 134 valence electrons. The Labute approximate surface area is 162 Å². The topological polar surface area (TPSA) is 6.48 Å². The molecule has 0 saturated carbocycles. The first-order valence-electron chi connectivity index (χ1n) is 9.74.